The largest absolute Gasteiger partial charge is 0.382 e. The fourth-order valence-corrected chi connectivity index (χ4v) is 2.24. The van der Waals surface area contributed by atoms with Crippen molar-refractivity contribution in [3.63, 3.8) is 0 Å². The Labute approximate surface area is 133 Å². The number of nitrogen functional groups attached to an aromatic ring is 1. The van der Waals surface area contributed by atoms with Crippen LogP contribution in [0, 0.1) is 23.2 Å². The van der Waals surface area contributed by atoms with Gasteiger partial charge in [0.1, 0.15) is 17.5 Å². The average molecular weight is 310 g/mol. The lowest BCUT2D eigenvalue weighted by Crippen LogP contribution is -2.02. The van der Waals surface area contributed by atoms with E-state index in [-0.39, 0.29) is 5.12 Å². The Morgan fingerprint density at radius 2 is 2.14 bits per heavy atom. The minimum atomic E-state index is 0.111. The van der Waals surface area contributed by atoms with Crippen molar-refractivity contribution in [1.29, 1.82) is 5.26 Å². The number of carbonyl (C=O) groups is 1. The van der Waals surface area contributed by atoms with Gasteiger partial charge in [0.05, 0.1) is 11.9 Å². The first-order valence-corrected chi connectivity index (χ1v) is 7.56. The maximum Gasteiger partial charge on any atom is 0.185 e. The molecule has 22 heavy (non-hydrogen) atoms. The van der Waals surface area contributed by atoms with Gasteiger partial charge in [0, 0.05) is 24.7 Å². The molecule has 0 saturated carbocycles. The predicted molar refractivity (Wildman–Crippen MR) is 87.3 cm³/mol. The van der Waals surface area contributed by atoms with Gasteiger partial charge in [-0.15, -0.1) is 0 Å². The van der Waals surface area contributed by atoms with Crippen LogP contribution in [-0.4, -0.2) is 20.6 Å². The molecule has 0 saturated heterocycles. The van der Waals surface area contributed by atoms with Gasteiger partial charge < -0.3 is 5.73 Å². The van der Waals surface area contributed by atoms with Crippen molar-refractivity contribution in [3.8, 4) is 23.6 Å². The zero-order chi connectivity index (χ0) is 15.9. The van der Waals surface area contributed by atoms with Gasteiger partial charge in [0.25, 0.3) is 0 Å². The number of benzene rings is 1. The van der Waals surface area contributed by atoms with E-state index >= 15 is 0 Å². The van der Waals surface area contributed by atoms with Crippen LogP contribution in [0.15, 0.2) is 30.5 Å². The maximum absolute atomic E-state index is 10.8. The third-order valence-electron chi connectivity index (χ3n) is 2.80. The quantitative estimate of drug-likeness (QED) is 0.695. The molecule has 2 aromatic rings. The van der Waals surface area contributed by atoms with Crippen LogP contribution in [0.2, 0.25) is 0 Å². The number of anilines is 1. The summed E-state index contributed by atoms with van der Waals surface area (Å²) in [5, 5.41) is 13.1. The zero-order valence-corrected chi connectivity index (χ0v) is 12.9. The molecule has 0 unspecified atom stereocenters. The Morgan fingerprint density at radius 1 is 1.41 bits per heavy atom. The molecule has 0 atom stereocenters. The van der Waals surface area contributed by atoms with E-state index in [0.717, 1.165) is 11.3 Å². The number of rotatable bonds is 3. The molecule has 1 heterocycles. The summed E-state index contributed by atoms with van der Waals surface area (Å²) in [5.41, 5.74) is 7.85. The molecule has 110 valence electrons. The number of hydrogen-bond donors (Lipinski definition) is 1. The molecule has 2 rings (SSSR count). The highest BCUT2D eigenvalue weighted by Gasteiger charge is 2.07. The normalized spacial score (nSPS) is 9.64. The molecular weight excluding hydrogens is 296 g/mol. The molecule has 1 aromatic carbocycles. The molecule has 2 N–H and O–H groups in total. The first-order valence-electron chi connectivity index (χ1n) is 6.58. The van der Waals surface area contributed by atoms with E-state index in [1.54, 1.807) is 6.92 Å². The highest BCUT2D eigenvalue weighted by Crippen LogP contribution is 2.16. The number of hydrogen-bond acceptors (Lipinski definition) is 5. The molecule has 0 aliphatic heterocycles. The number of nitriles is 1. The Kier molecular flexibility index (Phi) is 5.24. The lowest BCUT2D eigenvalue weighted by Gasteiger charge is -2.03. The Hall–Kier alpha value is -2.70. The van der Waals surface area contributed by atoms with E-state index in [1.165, 1.54) is 22.6 Å². The molecular formula is C16H14N4OS. The monoisotopic (exact) mass is 310 g/mol. The first kappa shape index (κ1) is 15.7. The van der Waals surface area contributed by atoms with Crippen molar-refractivity contribution in [2.24, 2.45) is 0 Å². The standard InChI is InChI=1S/C16H14N4OS/c1-12(21)22-9-3-2-4-13-5-7-15(8-6-13)20-16(18)14(10-17)11-19-20/h5-8,11H,3,9,18H2,1H3. The lowest BCUT2D eigenvalue weighted by molar-refractivity contribution is -0.109. The van der Waals surface area contributed by atoms with Gasteiger partial charge in [-0.25, -0.2) is 4.68 Å². The van der Waals surface area contributed by atoms with Gasteiger partial charge in [-0.3, -0.25) is 4.79 Å². The summed E-state index contributed by atoms with van der Waals surface area (Å²) >= 11 is 1.28. The van der Waals surface area contributed by atoms with Crippen molar-refractivity contribution >= 4 is 22.7 Å². The van der Waals surface area contributed by atoms with Crippen LogP contribution in [-0.2, 0) is 4.79 Å². The average Bonchev–Trinajstić information content (AvgIpc) is 2.88. The van der Waals surface area contributed by atoms with Crippen LogP contribution in [0.1, 0.15) is 24.5 Å². The second-order valence-corrected chi connectivity index (χ2v) is 5.68. The van der Waals surface area contributed by atoms with Crippen LogP contribution >= 0.6 is 11.8 Å². The van der Waals surface area contributed by atoms with Gasteiger partial charge in [-0.1, -0.05) is 23.6 Å². The molecule has 0 aliphatic carbocycles. The van der Waals surface area contributed by atoms with Crippen LogP contribution in [0.3, 0.4) is 0 Å². The molecule has 0 bridgehead atoms. The summed E-state index contributed by atoms with van der Waals surface area (Å²) in [6.45, 7) is 1.55. The highest BCUT2D eigenvalue weighted by molar-refractivity contribution is 8.13. The Balaban J connectivity index is 2.05. The van der Waals surface area contributed by atoms with Gasteiger partial charge in [-0.2, -0.15) is 10.4 Å². The van der Waals surface area contributed by atoms with Crippen LogP contribution in [0.25, 0.3) is 5.69 Å². The Bertz CT molecular complexity index is 775. The molecule has 1 aromatic heterocycles. The van der Waals surface area contributed by atoms with E-state index in [1.807, 2.05) is 30.3 Å². The second-order valence-electron chi connectivity index (χ2n) is 4.41. The summed E-state index contributed by atoms with van der Waals surface area (Å²) in [7, 11) is 0. The van der Waals surface area contributed by atoms with Gasteiger partial charge in [0.2, 0.25) is 0 Å². The minimum absolute atomic E-state index is 0.111. The van der Waals surface area contributed by atoms with Gasteiger partial charge in [0.15, 0.2) is 5.12 Å². The Morgan fingerprint density at radius 3 is 2.73 bits per heavy atom. The van der Waals surface area contributed by atoms with Crippen molar-refractivity contribution in [3.05, 3.63) is 41.6 Å². The van der Waals surface area contributed by atoms with E-state index in [0.29, 0.717) is 23.6 Å². The molecule has 0 amide bonds. The predicted octanol–water partition coefficient (Wildman–Crippen LogP) is 2.35. The van der Waals surface area contributed by atoms with E-state index in [4.69, 9.17) is 11.0 Å². The number of nitrogens with zero attached hydrogens (tertiary/aromatic N) is 3. The molecule has 0 aliphatic rings. The zero-order valence-electron chi connectivity index (χ0n) is 12.0. The fourth-order valence-electron chi connectivity index (χ4n) is 1.75. The number of carbonyl (C=O) groups excluding carboxylic acids is 1. The van der Waals surface area contributed by atoms with E-state index in [9.17, 15) is 4.79 Å². The van der Waals surface area contributed by atoms with Crippen molar-refractivity contribution in [2.45, 2.75) is 13.3 Å². The number of nitrogens with two attached hydrogens (primary N) is 1. The van der Waals surface area contributed by atoms with Crippen molar-refractivity contribution in [1.82, 2.24) is 9.78 Å². The molecule has 0 fully saturated rings. The summed E-state index contributed by atoms with van der Waals surface area (Å²) in [4.78, 5) is 10.8. The minimum Gasteiger partial charge on any atom is -0.382 e. The number of thioether (sulfide) groups is 1. The van der Waals surface area contributed by atoms with E-state index < -0.39 is 0 Å². The van der Waals surface area contributed by atoms with Crippen LogP contribution in [0.4, 0.5) is 5.82 Å². The summed E-state index contributed by atoms with van der Waals surface area (Å²) < 4.78 is 1.51. The number of aromatic nitrogens is 2. The molecule has 0 radical (unpaired) electrons. The van der Waals surface area contributed by atoms with Crippen LogP contribution < -0.4 is 5.73 Å². The SMILES string of the molecule is CC(=O)SCCC#Cc1ccc(-n2ncc(C#N)c2N)cc1. The summed E-state index contributed by atoms with van der Waals surface area (Å²) in [6.07, 6.45) is 2.11. The fraction of sp³-hybridized carbons (Fsp3) is 0.188. The molecule has 0 spiro atoms. The van der Waals surface area contributed by atoms with Crippen molar-refractivity contribution in [2.75, 3.05) is 11.5 Å². The summed E-state index contributed by atoms with van der Waals surface area (Å²) in [6, 6.07) is 9.42. The summed E-state index contributed by atoms with van der Waals surface area (Å²) in [5.74, 6) is 7.10. The molecule has 5 nitrogen and oxygen atoms in total. The second kappa shape index (κ2) is 7.35. The van der Waals surface area contributed by atoms with E-state index in [2.05, 4.69) is 16.9 Å². The van der Waals surface area contributed by atoms with Gasteiger partial charge in [-0.05, 0) is 24.3 Å². The topological polar surface area (TPSA) is 84.7 Å². The van der Waals surface area contributed by atoms with Gasteiger partial charge >= 0.3 is 0 Å². The first-order chi connectivity index (χ1) is 10.6. The lowest BCUT2D eigenvalue weighted by atomic mass is 10.2. The maximum atomic E-state index is 10.8. The third kappa shape index (κ3) is 3.91. The van der Waals surface area contributed by atoms with Crippen molar-refractivity contribution < 1.29 is 4.79 Å². The third-order valence-corrected chi connectivity index (χ3v) is 3.62. The highest BCUT2D eigenvalue weighted by atomic mass is 32.2. The smallest absolute Gasteiger partial charge is 0.185 e. The molecule has 6 heteroatoms. The van der Waals surface area contributed by atoms with Crippen LogP contribution in [0.5, 0.6) is 0 Å².